The molecule has 0 radical (unpaired) electrons. The highest BCUT2D eigenvalue weighted by Gasteiger charge is 2.12. The van der Waals surface area contributed by atoms with E-state index in [4.69, 9.17) is 4.74 Å². The third-order valence-electron chi connectivity index (χ3n) is 2.72. The van der Waals surface area contributed by atoms with Gasteiger partial charge in [-0.05, 0) is 34.5 Å². The van der Waals surface area contributed by atoms with Crippen molar-refractivity contribution in [2.75, 3.05) is 19.0 Å². The number of fused-ring (bicyclic) bond motifs is 1. The van der Waals surface area contributed by atoms with Gasteiger partial charge < -0.3 is 10.1 Å². The Bertz CT molecular complexity index is 601. The summed E-state index contributed by atoms with van der Waals surface area (Å²) in [7, 11) is 1.60. The first kappa shape index (κ1) is 14.7. The molecule has 2 aromatic heterocycles. The SMILES string of the molecule is CCC(COC)NC(=O)Nc1nc2ccc(Br)cn2n1. The first-order valence-electron chi connectivity index (χ1n) is 6.20. The number of hydrogen-bond donors (Lipinski definition) is 2. The van der Waals surface area contributed by atoms with Gasteiger partial charge in [-0.15, -0.1) is 5.10 Å². The van der Waals surface area contributed by atoms with E-state index < -0.39 is 0 Å². The quantitative estimate of drug-likeness (QED) is 0.871. The van der Waals surface area contributed by atoms with Crippen LogP contribution >= 0.6 is 15.9 Å². The van der Waals surface area contributed by atoms with Crippen LogP contribution in [-0.2, 0) is 4.74 Å². The number of halogens is 1. The van der Waals surface area contributed by atoms with Crippen LogP contribution in [0.5, 0.6) is 0 Å². The molecule has 0 saturated heterocycles. The van der Waals surface area contributed by atoms with Crippen molar-refractivity contribution >= 4 is 33.6 Å². The molecule has 0 spiro atoms. The van der Waals surface area contributed by atoms with Crippen LogP contribution in [0.3, 0.4) is 0 Å². The molecule has 2 amide bonds. The van der Waals surface area contributed by atoms with Gasteiger partial charge in [0.25, 0.3) is 5.95 Å². The van der Waals surface area contributed by atoms with Gasteiger partial charge in [0.05, 0.1) is 12.6 Å². The molecule has 8 heteroatoms. The Morgan fingerprint density at radius 1 is 1.55 bits per heavy atom. The van der Waals surface area contributed by atoms with Gasteiger partial charge in [-0.1, -0.05) is 6.92 Å². The Labute approximate surface area is 124 Å². The number of nitrogens with zero attached hydrogens (tertiary/aromatic N) is 3. The van der Waals surface area contributed by atoms with Crippen LogP contribution in [0.2, 0.25) is 0 Å². The van der Waals surface area contributed by atoms with Crippen LogP contribution in [-0.4, -0.2) is 40.4 Å². The number of rotatable bonds is 5. The zero-order valence-electron chi connectivity index (χ0n) is 11.3. The summed E-state index contributed by atoms with van der Waals surface area (Å²) in [5, 5.41) is 9.57. The summed E-state index contributed by atoms with van der Waals surface area (Å²) in [6.45, 7) is 2.44. The van der Waals surface area contributed by atoms with E-state index in [2.05, 4.69) is 36.6 Å². The highest BCUT2D eigenvalue weighted by molar-refractivity contribution is 9.10. The number of anilines is 1. The molecule has 0 aliphatic heterocycles. The molecular formula is C12H16BrN5O2. The largest absolute Gasteiger partial charge is 0.383 e. The van der Waals surface area contributed by atoms with Gasteiger partial charge in [0.15, 0.2) is 5.65 Å². The molecule has 108 valence electrons. The molecule has 0 fully saturated rings. The Hall–Kier alpha value is -1.67. The molecule has 7 nitrogen and oxygen atoms in total. The summed E-state index contributed by atoms with van der Waals surface area (Å²) in [5.41, 5.74) is 0.660. The maximum atomic E-state index is 11.8. The zero-order valence-corrected chi connectivity index (χ0v) is 12.8. The molecule has 20 heavy (non-hydrogen) atoms. The second kappa shape index (κ2) is 6.67. The number of methoxy groups -OCH3 is 1. The van der Waals surface area contributed by atoms with E-state index in [-0.39, 0.29) is 18.0 Å². The molecule has 2 N–H and O–H groups in total. The van der Waals surface area contributed by atoms with E-state index in [1.54, 1.807) is 23.9 Å². The predicted octanol–water partition coefficient (Wildman–Crippen LogP) is 2.04. The summed E-state index contributed by atoms with van der Waals surface area (Å²) in [4.78, 5) is 16.0. The minimum Gasteiger partial charge on any atom is -0.383 e. The predicted molar refractivity (Wildman–Crippen MR) is 78.8 cm³/mol. The summed E-state index contributed by atoms with van der Waals surface area (Å²) >= 11 is 3.35. The lowest BCUT2D eigenvalue weighted by Gasteiger charge is -2.15. The van der Waals surface area contributed by atoms with Crippen molar-refractivity contribution < 1.29 is 9.53 Å². The highest BCUT2D eigenvalue weighted by atomic mass is 79.9. The van der Waals surface area contributed by atoms with Gasteiger partial charge in [-0.3, -0.25) is 5.32 Å². The fourth-order valence-electron chi connectivity index (χ4n) is 1.70. The third-order valence-corrected chi connectivity index (χ3v) is 3.19. The molecule has 0 bridgehead atoms. The molecule has 0 saturated carbocycles. The Morgan fingerprint density at radius 2 is 2.35 bits per heavy atom. The highest BCUT2D eigenvalue weighted by Crippen LogP contribution is 2.12. The van der Waals surface area contributed by atoms with Gasteiger partial charge in [-0.2, -0.15) is 4.98 Å². The van der Waals surface area contributed by atoms with E-state index in [0.29, 0.717) is 12.3 Å². The third kappa shape index (κ3) is 3.67. The van der Waals surface area contributed by atoms with Crippen molar-refractivity contribution in [3.05, 3.63) is 22.8 Å². The number of pyridine rings is 1. The number of ether oxygens (including phenoxy) is 1. The Balaban J connectivity index is 2.02. The molecule has 2 rings (SSSR count). The summed E-state index contributed by atoms with van der Waals surface area (Å²) in [6, 6.07) is 3.29. The summed E-state index contributed by atoms with van der Waals surface area (Å²) < 4.78 is 7.50. The van der Waals surface area contributed by atoms with Gasteiger partial charge in [0.2, 0.25) is 0 Å². The molecule has 0 aliphatic rings. The lowest BCUT2D eigenvalue weighted by Crippen LogP contribution is -2.40. The summed E-state index contributed by atoms with van der Waals surface area (Å²) in [6.07, 6.45) is 2.55. The van der Waals surface area contributed by atoms with Gasteiger partial charge in [0.1, 0.15) is 0 Å². The standard InChI is InChI=1S/C12H16BrN5O2/c1-3-9(7-20-2)14-12(19)16-11-15-10-5-4-8(13)6-18(10)17-11/h4-6,9H,3,7H2,1-2H3,(H2,14,16,17,19). The van der Waals surface area contributed by atoms with Crippen LogP contribution in [0.15, 0.2) is 22.8 Å². The normalized spacial score (nSPS) is 12.3. The van der Waals surface area contributed by atoms with Crippen molar-refractivity contribution in [2.24, 2.45) is 0 Å². The first-order valence-corrected chi connectivity index (χ1v) is 7.00. The van der Waals surface area contributed by atoms with Crippen LogP contribution in [0.25, 0.3) is 5.65 Å². The Kier molecular flexibility index (Phi) is 4.91. The average molecular weight is 342 g/mol. The van der Waals surface area contributed by atoms with Crippen molar-refractivity contribution in [1.29, 1.82) is 0 Å². The molecule has 0 aromatic carbocycles. The Morgan fingerprint density at radius 3 is 3.05 bits per heavy atom. The topological polar surface area (TPSA) is 80.5 Å². The fraction of sp³-hybridized carbons (Fsp3) is 0.417. The molecule has 1 atom stereocenters. The maximum absolute atomic E-state index is 11.8. The summed E-state index contributed by atoms with van der Waals surface area (Å²) in [5.74, 6) is 0.257. The van der Waals surface area contributed by atoms with Gasteiger partial charge >= 0.3 is 6.03 Å². The lowest BCUT2D eigenvalue weighted by molar-refractivity contribution is 0.165. The second-order valence-electron chi connectivity index (χ2n) is 4.24. The minimum atomic E-state index is -0.344. The number of carbonyl (C=O) groups excluding carboxylic acids is 1. The number of amides is 2. The molecule has 2 heterocycles. The molecule has 2 aromatic rings. The van der Waals surface area contributed by atoms with E-state index >= 15 is 0 Å². The van der Waals surface area contributed by atoms with Crippen molar-refractivity contribution in [3.63, 3.8) is 0 Å². The van der Waals surface area contributed by atoms with E-state index in [1.165, 1.54) is 0 Å². The fourth-order valence-corrected chi connectivity index (χ4v) is 2.02. The maximum Gasteiger partial charge on any atom is 0.321 e. The van der Waals surface area contributed by atoms with E-state index in [0.717, 1.165) is 10.9 Å². The van der Waals surface area contributed by atoms with Crippen LogP contribution in [0.1, 0.15) is 13.3 Å². The van der Waals surface area contributed by atoms with Crippen molar-refractivity contribution in [3.8, 4) is 0 Å². The monoisotopic (exact) mass is 341 g/mol. The molecule has 0 aliphatic carbocycles. The molecular weight excluding hydrogens is 326 g/mol. The average Bonchev–Trinajstić information content (AvgIpc) is 2.79. The lowest BCUT2D eigenvalue weighted by atomic mass is 10.2. The number of carbonyl (C=O) groups is 1. The van der Waals surface area contributed by atoms with Crippen LogP contribution < -0.4 is 10.6 Å². The number of nitrogens with one attached hydrogen (secondary N) is 2. The minimum absolute atomic E-state index is 0.0359. The van der Waals surface area contributed by atoms with E-state index in [9.17, 15) is 4.79 Å². The zero-order chi connectivity index (χ0) is 14.5. The molecule has 1 unspecified atom stereocenters. The number of urea groups is 1. The second-order valence-corrected chi connectivity index (χ2v) is 5.16. The van der Waals surface area contributed by atoms with E-state index in [1.807, 2.05) is 13.0 Å². The van der Waals surface area contributed by atoms with Gasteiger partial charge in [0, 0.05) is 17.8 Å². The first-order chi connectivity index (χ1) is 9.62. The van der Waals surface area contributed by atoms with Crippen molar-refractivity contribution in [1.82, 2.24) is 19.9 Å². The number of aromatic nitrogens is 3. The van der Waals surface area contributed by atoms with Crippen LogP contribution in [0.4, 0.5) is 10.7 Å². The number of hydrogen-bond acceptors (Lipinski definition) is 4. The van der Waals surface area contributed by atoms with Crippen LogP contribution in [0, 0.1) is 0 Å². The smallest absolute Gasteiger partial charge is 0.321 e. The van der Waals surface area contributed by atoms with Crippen molar-refractivity contribution in [2.45, 2.75) is 19.4 Å². The van der Waals surface area contributed by atoms with Gasteiger partial charge in [-0.25, -0.2) is 9.31 Å².